The third kappa shape index (κ3) is 4.89. The zero-order valence-electron chi connectivity index (χ0n) is 13.5. The van der Waals surface area contributed by atoms with Crippen molar-refractivity contribution in [3.63, 3.8) is 0 Å². The number of hydrogen-bond acceptors (Lipinski definition) is 5. The number of hydrogen-bond donors (Lipinski definition) is 2. The van der Waals surface area contributed by atoms with Crippen molar-refractivity contribution in [1.82, 2.24) is 15.3 Å². The van der Waals surface area contributed by atoms with Gasteiger partial charge in [-0.2, -0.15) is 0 Å². The Labute approximate surface area is 132 Å². The molecular formula is C16H26N4O2. The van der Waals surface area contributed by atoms with Crippen LogP contribution in [0.5, 0.6) is 5.75 Å². The van der Waals surface area contributed by atoms with Crippen molar-refractivity contribution >= 4 is 11.6 Å². The molecule has 0 saturated carbocycles. The highest BCUT2D eigenvalue weighted by molar-refractivity contribution is 5.75. The summed E-state index contributed by atoms with van der Waals surface area (Å²) in [7, 11) is 2.09. The van der Waals surface area contributed by atoms with Gasteiger partial charge in [-0.1, -0.05) is 6.07 Å². The van der Waals surface area contributed by atoms with Gasteiger partial charge >= 0.3 is 0 Å². The van der Waals surface area contributed by atoms with Crippen LogP contribution in [0.15, 0.2) is 18.2 Å². The molecule has 1 aromatic rings. The van der Waals surface area contributed by atoms with Crippen LogP contribution in [-0.2, 0) is 11.2 Å². The van der Waals surface area contributed by atoms with E-state index in [4.69, 9.17) is 10.5 Å². The fourth-order valence-corrected chi connectivity index (χ4v) is 2.45. The predicted molar refractivity (Wildman–Crippen MR) is 87.6 cm³/mol. The molecule has 1 amide bonds. The first-order chi connectivity index (χ1) is 10.6. The summed E-state index contributed by atoms with van der Waals surface area (Å²) in [6.45, 7) is 6.23. The summed E-state index contributed by atoms with van der Waals surface area (Å²) in [5, 5.41) is 1.99. The van der Waals surface area contributed by atoms with Crippen LogP contribution in [-0.4, -0.2) is 55.6 Å². The minimum atomic E-state index is 0.0528. The second kappa shape index (κ2) is 8.00. The second-order valence-corrected chi connectivity index (χ2v) is 5.63. The highest BCUT2D eigenvalue weighted by Crippen LogP contribution is 2.23. The number of aryl methyl sites for hydroxylation is 1. The number of rotatable bonds is 6. The van der Waals surface area contributed by atoms with Crippen LogP contribution >= 0.6 is 0 Å². The summed E-state index contributed by atoms with van der Waals surface area (Å²) < 4.78 is 5.41. The summed E-state index contributed by atoms with van der Waals surface area (Å²) in [6, 6.07) is 5.71. The number of nitrogen functional groups attached to an aromatic ring is 1. The number of anilines is 1. The smallest absolute Gasteiger partial charge is 0.234 e. The van der Waals surface area contributed by atoms with Gasteiger partial charge in [0.1, 0.15) is 5.75 Å². The number of nitrogens with zero attached hydrogens (tertiary/aromatic N) is 2. The van der Waals surface area contributed by atoms with Crippen LogP contribution in [0.1, 0.15) is 18.9 Å². The number of nitrogens with two attached hydrogens (primary N) is 1. The fraction of sp³-hybridized carbons (Fsp3) is 0.562. The molecule has 1 saturated heterocycles. The molecule has 1 aliphatic heterocycles. The maximum atomic E-state index is 12.0. The van der Waals surface area contributed by atoms with Crippen molar-refractivity contribution < 1.29 is 9.53 Å². The van der Waals surface area contributed by atoms with E-state index in [0.29, 0.717) is 30.9 Å². The van der Waals surface area contributed by atoms with E-state index >= 15 is 0 Å². The summed E-state index contributed by atoms with van der Waals surface area (Å²) in [5.74, 6) is 0.755. The Morgan fingerprint density at radius 1 is 1.32 bits per heavy atom. The molecule has 0 radical (unpaired) electrons. The maximum Gasteiger partial charge on any atom is 0.234 e. The Bertz CT molecular complexity index is 499. The Balaban J connectivity index is 1.77. The lowest BCUT2D eigenvalue weighted by Crippen LogP contribution is -2.52. The molecule has 0 spiro atoms. The molecule has 1 heterocycles. The van der Waals surface area contributed by atoms with Crippen LogP contribution in [0.25, 0.3) is 0 Å². The zero-order valence-corrected chi connectivity index (χ0v) is 13.5. The van der Waals surface area contributed by atoms with Gasteiger partial charge in [0, 0.05) is 32.6 Å². The van der Waals surface area contributed by atoms with Gasteiger partial charge in [0.25, 0.3) is 0 Å². The molecule has 3 N–H and O–H groups in total. The molecule has 0 aliphatic carbocycles. The van der Waals surface area contributed by atoms with E-state index in [0.717, 1.165) is 31.7 Å². The molecule has 1 aromatic carbocycles. The Morgan fingerprint density at radius 3 is 2.68 bits per heavy atom. The van der Waals surface area contributed by atoms with Gasteiger partial charge < -0.3 is 15.4 Å². The van der Waals surface area contributed by atoms with E-state index in [1.807, 2.05) is 30.1 Å². The number of amides is 1. The zero-order chi connectivity index (χ0) is 15.9. The van der Waals surface area contributed by atoms with Crippen LogP contribution in [0, 0.1) is 0 Å². The SMILES string of the molecule is CCOc1ccc(CCC(=O)NN2CCN(C)CC2)cc1N. The average molecular weight is 306 g/mol. The summed E-state index contributed by atoms with van der Waals surface area (Å²) in [4.78, 5) is 14.3. The lowest BCUT2D eigenvalue weighted by atomic mass is 10.1. The van der Waals surface area contributed by atoms with Crippen molar-refractivity contribution in [1.29, 1.82) is 0 Å². The quantitative estimate of drug-likeness (QED) is 0.764. The van der Waals surface area contributed by atoms with E-state index in [-0.39, 0.29) is 5.91 Å². The Morgan fingerprint density at radius 2 is 2.05 bits per heavy atom. The van der Waals surface area contributed by atoms with E-state index in [1.165, 1.54) is 0 Å². The summed E-state index contributed by atoms with van der Waals surface area (Å²) >= 11 is 0. The molecule has 6 nitrogen and oxygen atoms in total. The van der Waals surface area contributed by atoms with E-state index < -0.39 is 0 Å². The lowest BCUT2D eigenvalue weighted by molar-refractivity contribution is -0.126. The highest BCUT2D eigenvalue weighted by Gasteiger charge is 2.15. The van der Waals surface area contributed by atoms with Crippen molar-refractivity contribution in [2.45, 2.75) is 19.8 Å². The van der Waals surface area contributed by atoms with Gasteiger partial charge in [-0.15, -0.1) is 0 Å². The van der Waals surface area contributed by atoms with Crippen LogP contribution in [0.2, 0.25) is 0 Å². The highest BCUT2D eigenvalue weighted by atomic mass is 16.5. The van der Waals surface area contributed by atoms with Gasteiger partial charge in [-0.3, -0.25) is 10.2 Å². The van der Waals surface area contributed by atoms with Crippen molar-refractivity contribution in [2.24, 2.45) is 0 Å². The number of carbonyl (C=O) groups is 1. The van der Waals surface area contributed by atoms with Crippen molar-refractivity contribution in [3.8, 4) is 5.75 Å². The van der Waals surface area contributed by atoms with Crippen LogP contribution < -0.4 is 15.9 Å². The van der Waals surface area contributed by atoms with Gasteiger partial charge in [0.15, 0.2) is 0 Å². The predicted octanol–water partition coefficient (Wildman–Crippen LogP) is 0.879. The first-order valence-corrected chi connectivity index (χ1v) is 7.82. The minimum Gasteiger partial charge on any atom is -0.492 e. The monoisotopic (exact) mass is 306 g/mol. The largest absolute Gasteiger partial charge is 0.492 e. The molecule has 2 rings (SSSR count). The number of piperazine rings is 1. The molecule has 1 aliphatic rings. The van der Waals surface area contributed by atoms with E-state index in [2.05, 4.69) is 17.4 Å². The Kier molecular flexibility index (Phi) is 6.03. The van der Waals surface area contributed by atoms with Gasteiger partial charge in [-0.05, 0) is 38.1 Å². The number of likely N-dealkylation sites (N-methyl/N-ethyl adjacent to an activating group) is 1. The first kappa shape index (κ1) is 16.6. The number of benzene rings is 1. The second-order valence-electron chi connectivity index (χ2n) is 5.63. The molecule has 0 atom stereocenters. The van der Waals surface area contributed by atoms with Gasteiger partial charge in [0.05, 0.1) is 12.3 Å². The molecule has 0 unspecified atom stereocenters. The lowest BCUT2D eigenvalue weighted by Gasteiger charge is -2.32. The average Bonchev–Trinajstić information content (AvgIpc) is 2.50. The summed E-state index contributed by atoms with van der Waals surface area (Å²) in [5.41, 5.74) is 10.6. The van der Waals surface area contributed by atoms with Gasteiger partial charge in [-0.25, -0.2) is 5.01 Å². The normalized spacial score (nSPS) is 16.5. The standard InChI is InChI=1S/C16H26N4O2/c1-3-22-15-6-4-13(12-14(15)17)5-7-16(21)18-20-10-8-19(2)9-11-20/h4,6,12H,3,5,7-11,17H2,1-2H3,(H,18,21). The number of hydrazine groups is 1. The van der Waals surface area contributed by atoms with Crippen molar-refractivity contribution in [2.75, 3.05) is 45.6 Å². The van der Waals surface area contributed by atoms with Crippen LogP contribution in [0.3, 0.4) is 0 Å². The number of nitrogens with one attached hydrogen (secondary N) is 1. The molecule has 6 heteroatoms. The van der Waals surface area contributed by atoms with Crippen LogP contribution in [0.4, 0.5) is 5.69 Å². The molecule has 22 heavy (non-hydrogen) atoms. The molecule has 122 valence electrons. The maximum absolute atomic E-state index is 12.0. The third-order valence-corrected chi connectivity index (χ3v) is 3.80. The van der Waals surface area contributed by atoms with E-state index in [1.54, 1.807) is 0 Å². The third-order valence-electron chi connectivity index (χ3n) is 3.80. The van der Waals surface area contributed by atoms with Gasteiger partial charge in [0.2, 0.25) is 5.91 Å². The number of carbonyl (C=O) groups excluding carboxylic acids is 1. The first-order valence-electron chi connectivity index (χ1n) is 7.82. The Hall–Kier alpha value is -1.79. The molecule has 0 bridgehead atoms. The fourth-order valence-electron chi connectivity index (χ4n) is 2.45. The summed E-state index contributed by atoms with van der Waals surface area (Å²) in [6.07, 6.45) is 1.13. The minimum absolute atomic E-state index is 0.0528. The number of ether oxygens (including phenoxy) is 1. The van der Waals surface area contributed by atoms with Crippen molar-refractivity contribution in [3.05, 3.63) is 23.8 Å². The molecule has 1 fully saturated rings. The van der Waals surface area contributed by atoms with E-state index in [9.17, 15) is 4.79 Å². The molecule has 0 aromatic heterocycles. The molecular weight excluding hydrogens is 280 g/mol. The topological polar surface area (TPSA) is 70.8 Å².